The first-order valence-electron chi connectivity index (χ1n) is 7.31. The van der Waals surface area contributed by atoms with Crippen LogP contribution in [0.15, 0.2) is 0 Å². The molecule has 3 amide bonds. The summed E-state index contributed by atoms with van der Waals surface area (Å²) in [5, 5.41) is 5.07. The Balaban J connectivity index is 2.24. The van der Waals surface area contributed by atoms with Gasteiger partial charge in [-0.2, -0.15) is 0 Å². The lowest BCUT2D eigenvalue weighted by Gasteiger charge is -2.20. The highest BCUT2D eigenvalue weighted by atomic mass is 16.2. The van der Waals surface area contributed by atoms with Crippen LogP contribution in [-0.2, 0) is 4.79 Å². The fraction of sp³-hybridized carbons (Fsp3) is 0.857. The van der Waals surface area contributed by atoms with Crippen molar-refractivity contribution >= 4 is 11.9 Å². The number of urea groups is 1. The van der Waals surface area contributed by atoms with Gasteiger partial charge in [-0.05, 0) is 37.6 Å². The number of carbonyl (C=O) groups is 2. The second-order valence-corrected chi connectivity index (χ2v) is 5.83. The minimum absolute atomic E-state index is 0.213. The summed E-state index contributed by atoms with van der Waals surface area (Å²) in [5.74, 6) is 0.928. The summed E-state index contributed by atoms with van der Waals surface area (Å²) in [6.07, 6.45) is 3.58. The van der Waals surface area contributed by atoms with E-state index >= 15 is 0 Å². The monoisotopic (exact) mass is 269 g/mol. The van der Waals surface area contributed by atoms with E-state index in [-0.39, 0.29) is 11.9 Å². The average Bonchev–Trinajstić information content (AvgIpc) is 3.10. The molecular formula is C14H27N3O2. The third kappa shape index (κ3) is 7.82. The SMILES string of the molecule is CCCN(CC(=O)NC(=O)NCC(C)C)CC1CC1. The Bertz CT molecular complexity index is 301. The first-order chi connectivity index (χ1) is 9.01. The fourth-order valence-electron chi connectivity index (χ4n) is 1.93. The van der Waals surface area contributed by atoms with Crippen LogP contribution in [-0.4, -0.2) is 43.0 Å². The third-order valence-corrected chi connectivity index (χ3v) is 3.04. The molecule has 2 N–H and O–H groups in total. The Morgan fingerprint density at radius 3 is 2.53 bits per heavy atom. The van der Waals surface area contributed by atoms with E-state index in [1.54, 1.807) is 0 Å². The molecule has 5 nitrogen and oxygen atoms in total. The maximum atomic E-state index is 11.8. The number of nitrogens with zero attached hydrogens (tertiary/aromatic N) is 1. The average molecular weight is 269 g/mol. The molecule has 0 radical (unpaired) electrons. The number of imide groups is 1. The van der Waals surface area contributed by atoms with E-state index in [2.05, 4.69) is 22.5 Å². The van der Waals surface area contributed by atoms with Crippen molar-refractivity contribution in [3.63, 3.8) is 0 Å². The fourth-order valence-corrected chi connectivity index (χ4v) is 1.93. The van der Waals surface area contributed by atoms with Crippen molar-refractivity contribution in [2.45, 2.75) is 40.0 Å². The van der Waals surface area contributed by atoms with Gasteiger partial charge in [-0.1, -0.05) is 20.8 Å². The summed E-state index contributed by atoms with van der Waals surface area (Å²) >= 11 is 0. The van der Waals surface area contributed by atoms with Gasteiger partial charge in [-0.25, -0.2) is 4.79 Å². The van der Waals surface area contributed by atoms with Gasteiger partial charge < -0.3 is 5.32 Å². The van der Waals surface area contributed by atoms with Gasteiger partial charge in [0.2, 0.25) is 5.91 Å². The molecule has 0 aliphatic heterocycles. The third-order valence-electron chi connectivity index (χ3n) is 3.04. The molecule has 19 heavy (non-hydrogen) atoms. The molecule has 0 aromatic carbocycles. The molecule has 0 aromatic rings. The van der Waals surface area contributed by atoms with Crippen LogP contribution in [0.1, 0.15) is 40.0 Å². The Morgan fingerprint density at radius 1 is 1.32 bits per heavy atom. The predicted octanol–water partition coefficient (Wildman–Crippen LogP) is 1.59. The topological polar surface area (TPSA) is 61.4 Å². The van der Waals surface area contributed by atoms with Crippen LogP contribution in [0.2, 0.25) is 0 Å². The number of rotatable bonds is 8. The van der Waals surface area contributed by atoms with Crippen molar-refractivity contribution in [2.75, 3.05) is 26.2 Å². The zero-order valence-corrected chi connectivity index (χ0v) is 12.4. The molecule has 0 atom stereocenters. The lowest BCUT2D eigenvalue weighted by Crippen LogP contribution is -2.45. The molecule has 1 rings (SSSR count). The standard InChI is InChI=1S/C14H27N3O2/c1-4-7-17(9-12-5-6-12)10-13(18)16-14(19)15-8-11(2)3/h11-12H,4-10H2,1-3H3,(H2,15,16,18,19). The van der Waals surface area contributed by atoms with Gasteiger partial charge >= 0.3 is 6.03 Å². The summed E-state index contributed by atoms with van der Waals surface area (Å²) < 4.78 is 0. The van der Waals surface area contributed by atoms with Crippen LogP contribution in [0.25, 0.3) is 0 Å². The van der Waals surface area contributed by atoms with E-state index < -0.39 is 0 Å². The molecule has 0 heterocycles. The maximum Gasteiger partial charge on any atom is 0.321 e. The number of amides is 3. The molecule has 0 saturated heterocycles. The second kappa shape index (κ2) is 8.15. The summed E-state index contributed by atoms with van der Waals surface area (Å²) in [5.41, 5.74) is 0. The van der Waals surface area contributed by atoms with E-state index in [1.165, 1.54) is 12.8 Å². The Kier molecular flexibility index (Phi) is 6.84. The zero-order chi connectivity index (χ0) is 14.3. The minimum atomic E-state index is -0.387. The summed E-state index contributed by atoms with van der Waals surface area (Å²) in [4.78, 5) is 25.4. The quantitative estimate of drug-likeness (QED) is 0.703. The van der Waals surface area contributed by atoms with Gasteiger partial charge in [-0.15, -0.1) is 0 Å². The lowest BCUT2D eigenvalue weighted by atomic mass is 10.2. The van der Waals surface area contributed by atoms with Crippen LogP contribution in [0.4, 0.5) is 4.79 Å². The van der Waals surface area contributed by atoms with Gasteiger partial charge in [0.1, 0.15) is 0 Å². The molecule has 0 bridgehead atoms. The van der Waals surface area contributed by atoms with Crippen molar-refractivity contribution in [1.29, 1.82) is 0 Å². The van der Waals surface area contributed by atoms with Crippen molar-refractivity contribution in [2.24, 2.45) is 11.8 Å². The van der Waals surface area contributed by atoms with E-state index in [0.29, 0.717) is 19.0 Å². The van der Waals surface area contributed by atoms with Crippen molar-refractivity contribution in [3.05, 3.63) is 0 Å². The Morgan fingerprint density at radius 2 is 2.00 bits per heavy atom. The van der Waals surface area contributed by atoms with Gasteiger partial charge in [-0.3, -0.25) is 15.0 Å². The van der Waals surface area contributed by atoms with Crippen LogP contribution in [0.5, 0.6) is 0 Å². The summed E-state index contributed by atoms with van der Waals surface area (Å²) in [6.45, 7) is 8.93. The van der Waals surface area contributed by atoms with Crippen LogP contribution >= 0.6 is 0 Å². The summed E-state index contributed by atoms with van der Waals surface area (Å²) in [7, 11) is 0. The van der Waals surface area contributed by atoms with Gasteiger partial charge in [0, 0.05) is 13.1 Å². The normalized spacial score (nSPS) is 14.8. The molecule has 1 saturated carbocycles. The predicted molar refractivity (Wildman–Crippen MR) is 75.8 cm³/mol. The van der Waals surface area contributed by atoms with Gasteiger partial charge in [0.15, 0.2) is 0 Å². The molecule has 1 aliphatic rings. The van der Waals surface area contributed by atoms with Crippen molar-refractivity contribution < 1.29 is 9.59 Å². The molecule has 1 fully saturated rings. The number of nitrogens with one attached hydrogen (secondary N) is 2. The molecule has 5 heteroatoms. The largest absolute Gasteiger partial charge is 0.338 e. The second-order valence-electron chi connectivity index (χ2n) is 5.83. The lowest BCUT2D eigenvalue weighted by molar-refractivity contribution is -0.121. The summed E-state index contributed by atoms with van der Waals surface area (Å²) in [6, 6.07) is -0.387. The molecule has 0 unspecified atom stereocenters. The number of hydrogen-bond acceptors (Lipinski definition) is 3. The minimum Gasteiger partial charge on any atom is -0.338 e. The Labute approximate surface area is 116 Å². The van der Waals surface area contributed by atoms with Gasteiger partial charge in [0.05, 0.1) is 6.54 Å². The van der Waals surface area contributed by atoms with Crippen LogP contribution < -0.4 is 10.6 Å². The Hall–Kier alpha value is -1.10. The van der Waals surface area contributed by atoms with E-state index in [1.807, 2.05) is 13.8 Å². The highest BCUT2D eigenvalue weighted by Gasteiger charge is 2.25. The van der Waals surface area contributed by atoms with Crippen molar-refractivity contribution in [3.8, 4) is 0 Å². The molecule has 0 spiro atoms. The molecule has 110 valence electrons. The first-order valence-corrected chi connectivity index (χ1v) is 7.31. The van der Waals surface area contributed by atoms with Crippen LogP contribution in [0, 0.1) is 11.8 Å². The smallest absolute Gasteiger partial charge is 0.321 e. The number of hydrogen-bond donors (Lipinski definition) is 2. The van der Waals surface area contributed by atoms with Crippen LogP contribution in [0.3, 0.4) is 0 Å². The van der Waals surface area contributed by atoms with E-state index in [9.17, 15) is 9.59 Å². The number of carbonyl (C=O) groups excluding carboxylic acids is 2. The molecule has 0 aromatic heterocycles. The molecular weight excluding hydrogens is 242 g/mol. The molecule has 1 aliphatic carbocycles. The van der Waals surface area contributed by atoms with E-state index in [0.717, 1.165) is 25.4 Å². The van der Waals surface area contributed by atoms with Crippen molar-refractivity contribution in [1.82, 2.24) is 15.5 Å². The van der Waals surface area contributed by atoms with Gasteiger partial charge in [0.25, 0.3) is 0 Å². The maximum absolute atomic E-state index is 11.8. The highest BCUT2D eigenvalue weighted by molar-refractivity contribution is 5.95. The highest BCUT2D eigenvalue weighted by Crippen LogP contribution is 2.29. The first kappa shape index (κ1) is 16.0. The zero-order valence-electron chi connectivity index (χ0n) is 12.4. The van der Waals surface area contributed by atoms with E-state index in [4.69, 9.17) is 0 Å².